The molecule has 476 valence electrons. The van der Waals surface area contributed by atoms with Crippen molar-refractivity contribution >= 4 is 59.6 Å². The van der Waals surface area contributed by atoms with Gasteiger partial charge in [0.15, 0.2) is 0 Å². The molecule has 2 fully saturated rings. The second-order valence-corrected chi connectivity index (χ2v) is 26.6. The molecule has 2 aliphatic rings. The number of rotatable bonds is 38. The van der Waals surface area contributed by atoms with Crippen LogP contribution in [0.2, 0.25) is 0 Å². The Labute approximate surface area is 498 Å². The number of amides is 10. The monoisotopic (exact) mass is 1170 g/mol. The van der Waals surface area contributed by atoms with E-state index in [1.54, 1.807) is 4.90 Å². The topological polar surface area (TPSA) is 277 Å². The lowest BCUT2D eigenvalue weighted by Gasteiger charge is -2.38. The molecule has 1 aliphatic heterocycles. The fourth-order valence-electron chi connectivity index (χ4n) is 11.0. The third-order valence-corrected chi connectivity index (χ3v) is 15.9. The summed E-state index contributed by atoms with van der Waals surface area (Å²) in [7, 11) is 4.00. The van der Waals surface area contributed by atoms with Crippen LogP contribution in [0.25, 0.3) is 0 Å². The summed E-state index contributed by atoms with van der Waals surface area (Å²) in [5.41, 5.74) is -4.65. The Morgan fingerprint density at radius 3 is 1.59 bits per heavy atom. The maximum Gasteiger partial charge on any atom is 0.246 e. The van der Waals surface area contributed by atoms with Gasteiger partial charge in [0.25, 0.3) is 0 Å². The third kappa shape index (κ3) is 25.4. The van der Waals surface area contributed by atoms with Gasteiger partial charge in [-0.25, -0.2) is 0 Å². The fraction of sp³-hybridized carbons (Fsp3) is 0.839. The first-order chi connectivity index (χ1) is 38.8. The van der Waals surface area contributed by atoms with Gasteiger partial charge in [0.05, 0.1) is 0 Å². The van der Waals surface area contributed by atoms with Gasteiger partial charge in [0.2, 0.25) is 59.6 Å². The molecule has 21 heteroatoms. The number of hydrogen-bond acceptors (Lipinski definition) is 11. The van der Waals surface area contributed by atoms with Crippen LogP contribution in [0.3, 0.4) is 0 Å². The molecule has 83 heavy (non-hydrogen) atoms. The Hall–Kier alpha value is -5.34. The van der Waals surface area contributed by atoms with Crippen molar-refractivity contribution in [1.82, 2.24) is 57.2 Å². The number of carbonyl (C=O) groups excluding carboxylic acids is 10. The summed E-state index contributed by atoms with van der Waals surface area (Å²) in [6, 6.07) is -4.12. The standard InChI is InChI=1S/C62H113N11O10/c1-17-19-21-22-23-25-31-49(73(40-74)51-32-28-36-72(51)52(76)33-24-20-18-2)56(80)66-47(39-43(7)8)55(79)68-61(11,12)58(82)67-45(37-41(3)4)53(77)65-46(38-42(5)6)54(78)69-62(13,14)59(83)70-60(9,10)57(81)63-35-34-50(75)64-44-29-26-27-30-48(44)71(15)16/h40-49,51H,17-39H2,1-16H3,(H,63,81)(H,64,75)(H,65,77)(H,66,80)(H,67,82)(H,68,79)(H,69,78)(H,70,83)/t44-,45-,46-,47-,48-,49-,51+/m0/s1. The largest absolute Gasteiger partial charge is 0.354 e. The highest BCUT2D eigenvalue weighted by molar-refractivity contribution is 5.99. The van der Waals surface area contributed by atoms with Crippen molar-refractivity contribution in [2.75, 3.05) is 27.2 Å². The molecule has 1 aliphatic carbocycles. The number of hydrogen-bond donors (Lipinski definition) is 8. The van der Waals surface area contributed by atoms with Crippen LogP contribution in [0.15, 0.2) is 0 Å². The molecular formula is C62H113N11O10. The van der Waals surface area contributed by atoms with Gasteiger partial charge in [-0.3, -0.25) is 47.9 Å². The summed E-state index contributed by atoms with van der Waals surface area (Å²) in [5.74, 6) is -4.92. The maximum absolute atomic E-state index is 14.6. The van der Waals surface area contributed by atoms with Crippen molar-refractivity contribution in [3.8, 4) is 0 Å². The van der Waals surface area contributed by atoms with Gasteiger partial charge in [-0.15, -0.1) is 0 Å². The maximum atomic E-state index is 14.6. The molecule has 1 heterocycles. The first-order valence-corrected chi connectivity index (χ1v) is 31.5. The molecule has 21 nitrogen and oxygen atoms in total. The molecule has 0 spiro atoms. The minimum Gasteiger partial charge on any atom is -0.354 e. The summed E-state index contributed by atoms with van der Waals surface area (Å²) >= 11 is 0. The van der Waals surface area contributed by atoms with E-state index in [4.69, 9.17) is 0 Å². The molecule has 0 aromatic rings. The summed E-state index contributed by atoms with van der Waals surface area (Å²) in [6.45, 7) is 25.0. The molecule has 1 saturated heterocycles. The normalized spacial score (nSPS) is 18.2. The second-order valence-electron chi connectivity index (χ2n) is 26.6. The highest BCUT2D eigenvalue weighted by atomic mass is 16.2. The average Bonchev–Trinajstić information content (AvgIpc) is 4.02. The molecule has 7 atom stereocenters. The smallest absolute Gasteiger partial charge is 0.246 e. The molecule has 0 unspecified atom stereocenters. The first-order valence-electron chi connectivity index (χ1n) is 31.5. The number of nitrogens with one attached hydrogen (secondary N) is 8. The van der Waals surface area contributed by atoms with Crippen molar-refractivity contribution in [3.05, 3.63) is 0 Å². The van der Waals surface area contributed by atoms with Crippen molar-refractivity contribution in [2.45, 2.75) is 291 Å². The van der Waals surface area contributed by atoms with Gasteiger partial charge in [0, 0.05) is 38.0 Å². The highest BCUT2D eigenvalue weighted by Crippen LogP contribution is 2.27. The highest BCUT2D eigenvalue weighted by Gasteiger charge is 2.42. The van der Waals surface area contributed by atoms with E-state index in [0.717, 1.165) is 77.0 Å². The molecule has 8 N–H and O–H groups in total. The fourth-order valence-corrected chi connectivity index (χ4v) is 11.0. The van der Waals surface area contributed by atoms with E-state index < -0.39 is 88.3 Å². The SMILES string of the molecule is CCCCCCCC[C@@H](C(=O)N[C@@H](CC(C)C)C(=O)NC(C)(C)C(=O)N[C@@H](CC(C)C)C(=O)N[C@@H](CC(C)C)C(=O)NC(C)(C)C(=O)NC(C)(C)C(=O)NCCC(=O)N[C@H]1CCCC[C@@H]1N(C)C)N(C=O)[C@@H]1CCCN1C(=O)CCCCC. The van der Waals surface area contributed by atoms with Crippen LogP contribution in [0, 0.1) is 17.8 Å². The predicted octanol–water partition coefficient (Wildman–Crippen LogP) is 5.87. The van der Waals surface area contributed by atoms with E-state index in [-0.39, 0.29) is 73.9 Å². The zero-order valence-electron chi connectivity index (χ0n) is 54.0. The molecule has 0 radical (unpaired) electrons. The lowest BCUT2D eigenvalue weighted by molar-refractivity contribution is -0.146. The van der Waals surface area contributed by atoms with Crippen molar-refractivity contribution in [2.24, 2.45) is 17.8 Å². The van der Waals surface area contributed by atoms with Gasteiger partial charge in [-0.2, -0.15) is 0 Å². The summed E-state index contributed by atoms with van der Waals surface area (Å²) < 4.78 is 0. The molecule has 0 bridgehead atoms. The van der Waals surface area contributed by atoms with Gasteiger partial charge >= 0.3 is 0 Å². The zero-order valence-corrected chi connectivity index (χ0v) is 54.0. The Morgan fingerprint density at radius 2 is 1.05 bits per heavy atom. The quantitative estimate of drug-likeness (QED) is 0.0268. The Balaban J connectivity index is 2.24. The molecule has 10 amide bonds. The lowest BCUT2D eigenvalue weighted by atomic mass is 9.89. The van der Waals surface area contributed by atoms with Crippen LogP contribution < -0.4 is 42.5 Å². The van der Waals surface area contributed by atoms with Crippen LogP contribution in [0.4, 0.5) is 0 Å². The second kappa shape index (κ2) is 35.8. The summed E-state index contributed by atoms with van der Waals surface area (Å²) in [6.07, 6.45) is 14.9. The van der Waals surface area contributed by atoms with Crippen molar-refractivity contribution in [3.63, 3.8) is 0 Å². The average molecular weight is 1170 g/mol. The van der Waals surface area contributed by atoms with E-state index in [1.807, 2.05) is 55.6 Å². The van der Waals surface area contributed by atoms with Gasteiger partial charge in [0.1, 0.15) is 46.9 Å². The minimum absolute atomic E-state index is 0.0286. The van der Waals surface area contributed by atoms with Crippen molar-refractivity contribution in [1.29, 1.82) is 0 Å². The van der Waals surface area contributed by atoms with Crippen LogP contribution in [0.5, 0.6) is 0 Å². The van der Waals surface area contributed by atoms with E-state index in [0.29, 0.717) is 45.1 Å². The van der Waals surface area contributed by atoms with Crippen LogP contribution in [-0.4, -0.2) is 160 Å². The molecular weight excluding hydrogens is 1060 g/mol. The molecule has 0 aromatic carbocycles. The van der Waals surface area contributed by atoms with Crippen LogP contribution in [0.1, 0.15) is 232 Å². The summed E-state index contributed by atoms with van der Waals surface area (Å²) in [4.78, 5) is 144. The van der Waals surface area contributed by atoms with Crippen LogP contribution in [-0.2, 0) is 47.9 Å². The van der Waals surface area contributed by atoms with E-state index in [9.17, 15) is 47.9 Å². The number of carbonyl (C=O) groups is 10. The zero-order chi connectivity index (χ0) is 62.8. The van der Waals surface area contributed by atoms with Crippen molar-refractivity contribution < 1.29 is 47.9 Å². The van der Waals surface area contributed by atoms with E-state index >= 15 is 0 Å². The predicted molar refractivity (Wildman–Crippen MR) is 325 cm³/mol. The Kier molecular flexibility index (Phi) is 31.8. The lowest BCUT2D eigenvalue weighted by Crippen LogP contribution is -2.65. The Morgan fingerprint density at radius 1 is 0.554 bits per heavy atom. The van der Waals surface area contributed by atoms with Gasteiger partial charge < -0.3 is 57.2 Å². The van der Waals surface area contributed by atoms with Crippen LogP contribution >= 0.6 is 0 Å². The molecule has 2 rings (SSSR count). The number of likely N-dealkylation sites (N-methyl/N-ethyl adjacent to an activating group) is 1. The number of likely N-dealkylation sites (tertiary alicyclic amines) is 1. The van der Waals surface area contributed by atoms with Gasteiger partial charge in [-0.05, 0) is 131 Å². The summed E-state index contributed by atoms with van der Waals surface area (Å²) in [5, 5.41) is 22.7. The first kappa shape index (κ1) is 73.8. The van der Waals surface area contributed by atoms with Gasteiger partial charge in [-0.1, -0.05) is 120 Å². The van der Waals surface area contributed by atoms with E-state index in [1.165, 1.54) is 46.4 Å². The third-order valence-electron chi connectivity index (χ3n) is 15.9. The molecule has 1 saturated carbocycles. The molecule has 0 aromatic heterocycles. The number of nitrogens with zero attached hydrogens (tertiary/aromatic N) is 3. The number of unbranched alkanes of at least 4 members (excludes halogenated alkanes) is 7. The van der Waals surface area contributed by atoms with E-state index in [2.05, 4.69) is 61.3 Å². The minimum atomic E-state index is -1.63. The Bertz CT molecular complexity index is 2110.